The van der Waals surface area contributed by atoms with Gasteiger partial charge >= 0.3 is 5.97 Å². The van der Waals surface area contributed by atoms with Gasteiger partial charge in [-0.1, -0.05) is 55.5 Å². The van der Waals surface area contributed by atoms with Gasteiger partial charge in [-0.3, -0.25) is 13.8 Å². The van der Waals surface area contributed by atoms with Crippen LogP contribution in [0.1, 0.15) is 42.7 Å². The zero-order valence-electron chi connectivity index (χ0n) is 30.8. The van der Waals surface area contributed by atoms with Gasteiger partial charge in [0.15, 0.2) is 0 Å². The van der Waals surface area contributed by atoms with Crippen molar-refractivity contribution < 1.29 is 27.4 Å². The van der Waals surface area contributed by atoms with E-state index in [1.807, 2.05) is 50.2 Å². The fourth-order valence-corrected chi connectivity index (χ4v) is 7.86. The Balaban J connectivity index is 0.983. The number of nitrogens with zero attached hydrogens (tertiary/aromatic N) is 6. The quantitative estimate of drug-likeness (QED) is 0.109. The molecule has 1 atom stereocenters. The highest BCUT2D eigenvalue weighted by molar-refractivity contribution is 7.80. The number of morpholine rings is 1. The molecule has 7 rings (SSSR count). The molecule has 0 aliphatic carbocycles. The molecule has 12 nitrogen and oxygen atoms in total. The van der Waals surface area contributed by atoms with E-state index in [4.69, 9.17) is 9.47 Å². The zero-order valence-corrected chi connectivity index (χ0v) is 31.6. The Hall–Kier alpha value is -4.47. The molecule has 2 aromatic heterocycles. The van der Waals surface area contributed by atoms with Crippen LogP contribution in [0.3, 0.4) is 0 Å². The number of carbonyl (C=O) groups is 1. The van der Waals surface area contributed by atoms with Gasteiger partial charge in [0.25, 0.3) is 0 Å². The number of H-pyrrole nitrogens is 1. The lowest BCUT2D eigenvalue weighted by Gasteiger charge is -2.35. The van der Waals surface area contributed by atoms with Crippen molar-refractivity contribution in [1.82, 2.24) is 29.8 Å². The molecule has 286 valence electrons. The summed E-state index contributed by atoms with van der Waals surface area (Å²) < 4.78 is 53.8. The van der Waals surface area contributed by atoms with E-state index in [1.54, 1.807) is 16.9 Å². The highest BCUT2D eigenvalue weighted by atomic mass is 32.2. The molecule has 1 N–H and O–H groups in total. The molecule has 14 heteroatoms. The third kappa shape index (κ3) is 9.07. The van der Waals surface area contributed by atoms with Crippen molar-refractivity contribution in [2.75, 3.05) is 63.4 Å². The Morgan fingerprint density at radius 2 is 1.83 bits per heavy atom. The number of anilines is 1. The van der Waals surface area contributed by atoms with E-state index in [1.165, 1.54) is 16.4 Å². The SMILES string of the molecule is CC(C)COC(=O)c1[nH]c2ccc(F)cc2c1-c1cn(CC2CCN(CCN(c3ccc(-c4ccccc4)c(CN4CCOCC4)c3)S(=O)[O-])CC2)nn1. The topological polar surface area (TPSA) is 132 Å². The Morgan fingerprint density at radius 3 is 2.57 bits per heavy atom. The van der Waals surface area contributed by atoms with Gasteiger partial charge in [0, 0.05) is 72.7 Å². The summed E-state index contributed by atoms with van der Waals surface area (Å²) in [6.07, 6.45) is 3.63. The first kappa shape index (κ1) is 37.8. The lowest BCUT2D eigenvalue weighted by atomic mass is 9.97. The van der Waals surface area contributed by atoms with Crippen LogP contribution in [0, 0.1) is 17.7 Å². The number of ether oxygens (including phenoxy) is 2. The summed E-state index contributed by atoms with van der Waals surface area (Å²) in [5.74, 6) is -0.431. The highest BCUT2D eigenvalue weighted by Crippen LogP contribution is 2.33. The number of aromatic amines is 1. The van der Waals surface area contributed by atoms with Crippen molar-refractivity contribution >= 4 is 33.8 Å². The third-order valence-corrected chi connectivity index (χ3v) is 11.0. The minimum Gasteiger partial charge on any atom is -0.755 e. The summed E-state index contributed by atoms with van der Waals surface area (Å²) >= 11 is -2.44. The Bertz CT molecular complexity index is 2060. The maximum atomic E-state index is 14.3. The van der Waals surface area contributed by atoms with Gasteiger partial charge in [-0.25, -0.2) is 9.18 Å². The summed E-state index contributed by atoms with van der Waals surface area (Å²) in [5, 5.41) is 9.31. The number of fused-ring (bicyclic) bond motifs is 1. The van der Waals surface area contributed by atoms with E-state index < -0.39 is 23.1 Å². The number of likely N-dealkylation sites (tertiary alicyclic amines) is 1. The molecule has 1 unspecified atom stereocenters. The molecule has 0 bridgehead atoms. The van der Waals surface area contributed by atoms with Crippen molar-refractivity contribution in [3.63, 3.8) is 0 Å². The lowest BCUT2D eigenvalue weighted by Crippen LogP contribution is -2.41. The molecular formula is C40H47FN7O5S-. The maximum absolute atomic E-state index is 14.3. The molecule has 4 heterocycles. The van der Waals surface area contributed by atoms with Crippen LogP contribution >= 0.6 is 0 Å². The fraction of sp³-hybridized carbons (Fsp3) is 0.425. The molecule has 5 aromatic rings. The minimum absolute atomic E-state index is 0.164. The average molecular weight is 757 g/mol. The van der Waals surface area contributed by atoms with Gasteiger partial charge in [0.1, 0.15) is 17.2 Å². The molecule has 54 heavy (non-hydrogen) atoms. The molecule has 0 radical (unpaired) electrons. The van der Waals surface area contributed by atoms with Gasteiger partial charge < -0.3 is 28.2 Å². The van der Waals surface area contributed by atoms with Crippen molar-refractivity contribution in [3.8, 4) is 22.4 Å². The van der Waals surface area contributed by atoms with Gasteiger partial charge in [0.05, 0.1) is 26.0 Å². The average Bonchev–Trinajstić information content (AvgIpc) is 3.79. The number of halogens is 1. The maximum Gasteiger partial charge on any atom is 0.355 e. The Labute approximate surface area is 317 Å². The number of benzene rings is 3. The van der Waals surface area contributed by atoms with Crippen LogP contribution in [-0.2, 0) is 33.8 Å². The number of hydrogen-bond donors (Lipinski definition) is 1. The number of hydrogen-bond acceptors (Lipinski definition) is 9. The van der Waals surface area contributed by atoms with Crippen LogP contribution in [0.5, 0.6) is 0 Å². The second-order valence-electron chi connectivity index (χ2n) is 14.6. The van der Waals surface area contributed by atoms with Gasteiger partial charge in [-0.05, 0) is 84.8 Å². The van der Waals surface area contributed by atoms with Crippen LogP contribution in [-0.4, -0.2) is 104 Å². The largest absolute Gasteiger partial charge is 0.755 e. The third-order valence-electron chi connectivity index (χ3n) is 10.2. The van der Waals surface area contributed by atoms with Crippen LogP contribution in [0.2, 0.25) is 0 Å². The number of rotatable bonds is 14. The van der Waals surface area contributed by atoms with E-state index >= 15 is 0 Å². The van der Waals surface area contributed by atoms with Crippen LogP contribution in [0.25, 0.3) is 33.3 Å². The second kappa shape index (κ2) is 17.3. The highest BCUT2D eigenvalue weighted by Gasteiger charge is 2.25. The number of nitrogens with one attached hydrogen (secondary N) is 1. The zero-order chi connectivity index (χ0) is 37.6. The van der Waals surface area contributed by atoms with Crippen LogP contribution < -0.4 is 4.31 Å². The minimum atomic E-state index is -2.44. The van der Waals surface area contributed by atoms with Crippen molar-refractivity contribution in [1.29, 1.82) is 0 Å². The number of esters is 1. The van der Waals surface area contributed by atoms with Gasteiger partial charge in [0.2, 0.25) is 0 Å². The standard InChI is InChI=1S/C40H48FN7O5S/c1-28(2)27-53-40(49)39-38(35-23-32(41)8-11-36(35)42-39)37-26-47(44-43-37)24-29-12-14-45(15-13-29)16-17-48(54(50)51)33-9-10-34(30-6-4-3-5-7-30)31(22-33)25-46-18-20-52-21-19-46/h3-11,22-23,26,28-29,42H,12-21,24-25,27H2,1-2H3,(H,50,51)/p-1. The molecule has 0 saturated carbocycles. The first-order chi connectivity index (χ1) is 26.2. The van der Waals surface area contributed by atoms with E-state index in [0.29, 0.717) is 73.2 Å². The predicted octanol–water partition coefficient (Wildman–Crippen LogP) is 5.89. The normalized spacial score (nSPS) is 16.6. The van der Waals surface area contributed by atoms with E-state index in [2.05, 4.69) is 37.2 Å². The number of aromatic nitrogens is 4. The van der Waals surface area contributed by atoms with Gasteiger partial charge in [-0.2, -0.15) is 0 Å². The first-order valence-corrected chi connectivity index (χ1v) is 19.7. The second-order valence-corrected chi connectivity index (χ2v) is 15.5. The van der Waals surface area contributed by atoms with E-state index in [0.717, 1.165) is 55.7 Å². The summed E-state index contributed by atoms with van der Waals surface area (Å²) in [6, 6.07) is 20.5. The molecule has 2 fully saturated rings. The predicted molar refractivity (Wildman–Crippen MR) is 206 cm³/mol. The summed E-state index contributed by atoms with van der Waals surface area (Å²) in [5.41, 5.74) is 5.74. The van der Waals surface area contributed by atoms with Crippen LogP contribution in [0.15, 0.2) is 72.9 Å². The van der Waals surface area contributed by atoms with Crippen LogP contribution in [0.4, 0.5) is 10.1 Å². The van der Waals surface area contributed by atoms with E-state index in [9.17, 15) is 17.9 Å². The number of piperidine rings is 1. The Morgan fingerprint density at radius 1 is 1.06 bits per heavy atom. The van der Waals surface area contributed by atoms with Gasteiger partial charge in [-0.15, -0.1) is 5.10 Å². The summed E-state index contributed by atoms with van der Waals surface area (Å²) in [7, 11) is 0. The fourth-order valence-electron chi connectivity index (χ4n) is 7.34. The molecular weight excluding hydrogens is 710 g/mol. The molecule has 0 spiro atoms. The molecule has 2 saturated heterocycles. The molecule has 2 aliphatic rings. The monoisotopic (exact) mass is 756 g/mol. The smallest absolute Gasteiger partial charge is 0.355 e. The van der Waals surface area contributed by atoms with Crippen molar-refractivity contribution in [2.45, 2.75) is 39.8 Å². The first-order valence-electron chi connectivity index (χ1n) is 18.7. The Kier molecular flexibility index (Phi) is 12.1. The number of carbonyl (C=O) groups excluding carboxylic acids is 1. The molecule has 3 aromatic carbocycles. The van der Waals surface area contributed by atoms with Crippen molar-refractivity contribution in [3.05, 3.63) is 90.0 Å². The van der Waals surface area contributed by atoms with E-state index in [-0.39, 0.29) is 18.2 Å². The summed E-state index contributed by atoms with van der Waals surface area (Å²) in [6.45, 7) is 11.2. The van der Waals surface area contributed by atoms with Crippen molar-refractivity contribution in [2.24, 2.45) is 11.8 Å². The summed E-state index contributed by atoms with van der Waals surface area (Å²) in [4.78, 5) is 20.8. The molecule has 2 aliphatic heterocycles. The lowest BCUT2D eigenvalue weighted by molar-refractivity contribution is 0.0342. The molecule has 0 amide bonds.